The van der Waals surface area contributed by atoms with E-state index in [0.717, 1.165) is 32.1 Å². The van der Waals surface area contributed by atoms with Gasteiger partial charge in [-0.25, -0.2) is 13.4 Å². The molecule has 24 heavy (non-hydrogen) atoms. The highest BCUT2D eigenvalue weighted by Gasteiger charge is 2.26. The number of hydrazone groups is 1. The van der Waals surface area contributed by atoms with E-state index in [-0.39, 0.29) is 4.90 Å². The van der Waals surface area contributed by atoms with E-state index in [2.05, 4.69) is 15.5 Å². The maximum absolute atomic E-state index is 12.6. The van der Waals surface area contributed by atoms with Crippen LogP contribution in [0.5, 0.6) is 0 Å². The van der Waals surface area contributed by atoms with Crippen LogP contribution < -0.4 is 5.43 Å². The summed E-state index contributed by atoms with van der Waals surface area (Å²) in [6, 6.07) is 3.31. The summed E-state index contributed by atoms with van der Waals surface area (Å²) in [6.45, 7) is 1.21. The summed E-state index contributed by atoms with van der Waals surface area (Å²) < 4.78 is 26.7. The largest absolute Gasteiger partial charge is 0.261 e. The molecule has 1 saturated heterocycles. The molecule has 6 nitrogen and oxygen atoms in total. The molecule has 7 heteroatoms. The summed E-state index contributed by atoms with van der Waals surface area (Å²) in [6.07, 6.45) is 11.4. The first-order chi connectivity index (χ1) is 11.7. The van der Waals surface area contributed by atoms with Gasteiger partial charge in [-0.2, -0.15) is 9.41 Å². The maximum atomic E-state index is 12.6. The average molecular weight is 350 g/mol. The van der Waals surface area contributed by atoms with Crippen molar-refractivity contribution in [1.29, 1.82) is 0 Å². The van der Waals surface area contributed by atoms with E-state index < -0.39 is 10.0 Å². The Kier molecular flexibility index (Phi) is 5.84. The number of nitrogens with one attached hydrogen (secondary N) is 1. The van der Waals surface area contributed by atoms with E-state index in [1.807, 2.05) is 0 Å². The van der Waals surface area contributed by atoms with Gasteiger partial charge in [0.15, 0.2) is 0 Å². The van der Waals surface area contributed by atoms with Crippen LogP contribution in [0, 0.1) is 0 Å². The van der Waals surface area contributed by atoms with Gasteiger partial charge in [0, 0.05) is 25.0 Å². The third-order valence-electron chi connectivity index (χ3n) is 4.70. The Bertz CT molecular complexity index is 654. The lowest BCUT2D eigenvalue weighted by molar-refractivity contribution is 0.346. The van der Waals surface area contributed by atoms with Gasteiger partial charge in [0.25, 0.3) is 0 Å². The quantitative estimate of drug-likeness (QED) is 0.667. The highest BCUT2D eigenvalue weighted by molar-refractivity contribution is 7.89. The molecule has 1 aliphatic carbocycles. The van der Waals surface area contributed by atoms with Crippen LogP contribution in [-0.2, 0) is 10.0 Å². The SMILES string of the molecule is O=S(=O)(c1ccc(NN=C2CCCCCC2)nc1)N1CCCCC1. The lowest BCUT2D eigenvalue weighted by Crippen LogP contribution is -2.35. The molecule has 0 amide bonds. The van der Waals surface area contributed by atoms with Crippen LogP contribution in [0.4, 0.5) is 5.82 Å². The second kappa shape index (κ2) is 8.07. The molecule has 0 atom stereocenters. The molecule has 1 aromatic heterocycles. The van der Waals surface area contributed by atoms with Crippen LogP contribution in [-0.4, -0.2) is 36.5 Å². The number of anilines is 1. The van der Waals surface area contributed by atoms with Crippen molar-refractivity contribution >= 4 is 21.6 Å². The second-order valence-electron chi connectivity index (χ2n) is 6.55. The fourth-order valence-electron chi connectivity index (χ4n) is 3.24. The van der Waals surface area contributed by atoms with Gasteiger partial charge in [-0.05, 0) is 50.7 Å². The van der Waals surface area contributed by atoms with Crippen molar-refractivity contribution in [3.63, 3.8) is 0 Å². The normalized spacial score (nSPS) is 20.4. The Labute approximate surface area is 144 Å². The lowest BCUT2D eigenvalue weighted by atomic mass is 10.2. The average Bonchev–Trinajstić information content (AvgIpc) is 2.90. The monoisotopic (exact) mass is 350 g/mol. The van der Waals surface area contributed by atoms with Crippen molar-refractivity contribution < 1.29 is 8.42 Å². The number of hydrogen-bond donors (Lipinski definition) is 1. The maximum Gasteiger partial charge on any atom is 0.244 e. The lowest BCUT2D eigenvalue weighted by Gasteiger charge is -2.25. The predicted molar refractivity (Wildman–Crippen MR) is 95.6 cm³/mol. The standard InChI is InChI=1S/C17H26N4O2S/c22-24(23,21-12-6-3-7-13-21)16-10-11-17(18-14-16)20-19-15-8-4-1-2-5-9-15/h10-11,14H,1-9,12-13H2,(H,18,20). The second-order valence-corrected chi connectivity index (χ2v) is 8.49. The molecule has 3 rings (SSSR count). The minimum absolute atomic E-state index is 0.261. The van der Waals surface area contributed by atoms with Gasteiger partial charge in [-0.1, -0.05) is 19.3 Å². The minimum atomic E-state index is -3.41. The van der Waals surface area contributed by atoms with E-state index in [1.54, 1.807) is 16.4 Å². The summed E-state index contributed by atoms with van der Waals surface area (Å²) >= 11 is 0. The van der Waals surface area contributed by atoms with Crippen molar-refractivity contribution in [2.75, 3.05) is 18.5 Å². The number of pyridine rings is 1. The first-order valence-electron chi connectivity index (χ1n) is 8.94. The Morgan fingerprint density at radius 1 is 0.958 bits per heavy atom. The zero-order valence-corrected chi connectivity index (χ0v) is 14.9. The summed E-state index contributed by atoms with van der Waals surface area (Å²) in [4.78, 5) is 4.48. The van der Waals surface area contributed by atoms with E-state index in [4.69, 9.17) is 0 Å². The van der Waals surface area contributed by atoms with Gasteiger partial charge >= 0.3 is 0 Å². The topological polar surface area (TPSA) is 74.7 Å². The number of nitrogens with zero attached hydrogens (tertiary/aromatic N) is 3. The molecular weight excluding hydrogens is 324 g/mol. The zero-order chi connectivity index (χ0) is 16.8. The first-order valence-corrected chi connectivity index (χ1v) is 10.4. The molecule has 0 aromatic carbocycles. The molecule has 0 unspecified atom stereocenters. The third-order valence-corrected chi connectivity index (χ3v) is 6.58. The smallest absolute Gasteiger partial charge is 0.244 e. The number of sulfonamides is 1. The van der Waals surface area contributed by atoms with Crippen molar-refractivity contribution in [2.45, 2.75) is 62.7 Å². The minimum Gasteiger partial charge on any atom is -0.261 e. The van der Waals surface area contributed by atoms with Gasteiger partial charge in [0.1, 0.15) is 10.7 Å². The van der Waals surface area contributed by atoms with Gasteiger partial charge in [0.2, 0.25) is 10.0 Å². The molecule has 1 saturated carbocycles. The molecule has 1 aliphatic heterocycles. The Morgan fingerprint density at radius 3 is 2.25 bits per heavy atom. The Balaban J connectivity index is 1.65. The predicted octanol–water partition coefficient (Wildman–Crippen LogP) is 3.38. The molecular formula is C17H26N4O2S. The summed E-state index contributed by atoms with van der Waals surface area (Å²) in [5.41, 5.74) is 4.15. The number of aromatic nitrogens is 1. The summed E-state index contributed by atoms with van der Waals surface area (Å²) in [5.74, 6) is 0.587. The van der Waals surface area contributed by atoms with Gasteiger partial charge in [-0.3, -0.25) is 5.43 Å². The number of rotatable bonds is 4. The van der Waals surface area contributed by atoms with Gasteiger partial charge in [-0.15, -0.1) is 0 Å². The highest BCUT2D eigenvalue weighted by Crippen LogP contribution is 2.21. The van der Waals surface area contributed by atoms with Crippen LogP contribution in [0.1, 0.15) is 57.8 Å². The van der Waals surface area contributed by atoms with Gasteiger partial charge in [0.05, 0.1) is 0 Å². The summed E-state index contributed by atoms with van der Waals surface area (Å²) in [5, 5.41) is 4.44. The van der Waals surface area contributed by atoms with Crippen LogP contribution in [0.25, 0.3) is 0 Å². The molecule has 0 radical (unpaired) electrons. The van der Waals surface area contributed by atoms with Crippen LogP contribution in [0.2, 0.25) is 0 Å². The van der Waals surface area contributed by atoms with Crippen LogP contribution >= 0.6 is 0 Å². The zero-order valence-electron chi connectivity index (χ0n) is 14.1. The van der Waals surface area contributed by atoms with E-state index >= 15 is 0 Å². The number of piperidine rings is 1. The fourth-order valence-corrected chi connectivity index (χ4v) is 4.70. The Morgan fingerprint density at radius 2 is 1.62 bits per heavy atom. The molecule has 0 bridgehead atoms. The van der Waals surface area contributed by atoms with Crippen LogP contribution in [0.15, 0.2) is 28.3 Å². The number of hydrogen-bond acceptors (Lipinski definition) is 5. The molecule has 2 aliphatic rings. The molecule has 2 fully saturated rings. The van der Waals surface area contributed by atoms with Crippen molar-refractivity contribution in [3.05, 3.63) is 18.3 Å². The molecule has 1 N–H and O–H groups in total. The first kappa shape index (κ1) is 17.4. The molecule has 2 heterocycles. The molecule has 1 aromatic rings. The fraction of sp³-hybridized carbons (Fsp3) is 0.647. The van der Waals surface area contributed by atoms with Crippen molar-refractivity contribution in [2.24, 2.45) is 5.10 Å². The summed E-state index contributed by atoms with van der Waals surface area (Å²) in [7, 11) is -3.41. The van der Waals surface area contributed by atoms with E-state index in [9.17, 15) is 8.42 Å². The molecule has 132 valence electrons. The van der Waals surface area contributed by atoms with Gasteiger partial charge < -0.3 is 0 Å². The highest BCUT2D eigenvalue weighted by atomic mass is 32.2. The molecule has 0 spiro atoms. The van der Waals surface area contributed by atoms with Crippen LogP contribution in [0.3, 0.4) is 0 Å². The van der Waals surface area contributed by atoms with Crippen molar-refractivity contribution in [1.82, 2.24) is 9.29 Å². The van der Waals surface area contributed by atoms with Crippen molar-refractivity contribution in [3.8, 4) is 0 Å². The van der Waals surface area contributed by atoms with E-state index in [0.29, 0.717) is 18.9 Å². The van der Waals surface area contributed by atoms with E-state index in [1.165, 1.54) is 37.6 Å². The Hall–Kier alpha value is -1.47. The third kappa shape index (κ3) is 4.33.